The molecule has 130 valence electrons. The van der Waals surface area contributed by atoms with Gasteiger partial charge >= 0.3 is 0 Å². The summed E-state index contributed by atoms with van der Waals surface area (Å²) in [6.07, 6.45) is 5.71. The third kappa shape index (κ3) is 4.12. The van der Waals surface area contributed by atoms with Crippen molar-refractivity contribution in [2.24, 2.45) is 5.92 Å². The summed E-state index contributed by atoms with van der Waals surface area (Å²) < 4.78 is 0. The van der Waals surface area contributed by atoms with Crippen molar-refractivity contribution >= 4 is 11.8 Å². The molecule has 2 fully saturated rings. The molecule has 2 aliphatic heterocycles. The maximum Gasteiger partial charge on any atom is 0.226 e. The Kier molecular flexibility index (Phi) is 6.59. The predicted octanol–water partition coefficient (Wildman–Crippen LogP) is 0.535. The minimum absolute atomic E-state index is 0.0233. The van der Waals surface area contributed by atoms with Gasteiger partial charge in [0.25, 0.3) is 0 Å². The Balaban J connectivity index is 2.01. The van der Waals surface area contributed by atoms with Crippen molar-refractivity contribution in [2.75, 3.05) is 26.3 Å². The largest absolute Gasteiger partial charge is 0.394 e. The molecule has 0 aromatic carbocycles. The molecule has 0 spiro atoms. The van der Waals surface area contributed by atoms with E-state index in [4.69, 9.17) is 0 Å². The van der Waals surface area contributed by atoms with Crippen LogP contribution in [-0.4, -0.2) is 70.2 Å². The molecule has 23 heavy (non-hydrogen) atoms. The van der Waals surface area contributed by atoms with E-state index in [1.54, 1.807) is 15.9 Å². The zero-order valence-corrected chi connectivity index (χ0v) is 13.7. The topological polar surface area (TPSA) is 81.1 Å². The molecule has 0 saturated carbocycles. The molecule has 2 heterocycles. The smallest absolute Gasteiger partial charge is 0.226 e. The van der Waals surface area contributed by atoms with Crippen LogP contribution in [0.2, 0.25) is 0 Å². The van der Waals surface area contributed by atoms with Crippen molar-refractivity contribution in [3.05, 3.63) is 12.7 Å². The van der Waals surface area contributed by atoms with E-state index in [1.165, 1.54) is 0 Å². The molecule has 0 unspecified atom stereocenters. The van der Waals surface area contributed by atoms with E-state index in [0.29, 0.717) is 19.5 Å². The van der Waals surface area contributed by atoms with Crippen LogP contribution in [0.3, 0.4) is 0 Å². The van der Waals surface area contributed by atoms with Crippen LogP contribution in [0.25, 0.3) is 0 Å². The minimum Gasteiger partial charge on any atom is -0.394 e. The third-order valence-electron chi connectivity index (χ3n) is 5.00. The van der Waals surface area contributed by atoms with Crippen LogP contribution >= 0.6 is 0 Å². The van der Waals surface area contributed by atoms with Crippen molar-refractivity contribution in [1.29, 1.82) is 0 Å². The summed E-state index contributed by atoms with van der Waals surface area (Å²) >= 11 is 0. The third-order valence-corrected chi connectivity index (χ3v) is 5.00. The van der Waals surface area contributed by atoms with Crippen molar-refractivity contribution in [1.82, 2.24) is 9.80 Å². The zero-order chi connectivity index (χ0) is 16.8. The van der Waals surface area contributed by atoms with Crippen LogP contribution in [0.5, 0.6) is 0 Å². The van der Waals surface area contributed by atoms with Gasteiger partial charge in [-0.3, -0.25) is 9.59 Å². The molecule has 0 aromatic rings. The number of hydrogen-bond donors (Lipinski definition) is 2. The number of hydrogen-bond acceptors (Lipinski definition) is 4. The Morgan fingerprint density at radius 2 is 1.65 bits per heavy atom. The van der Waals surface area contributed by atoms with Crippen LogP contribution in [0.15, 0.2) is 12.7 Å². The number of carbonyl (C=O) groups excluding carboxylic acids is 2. The van der Waals surface area contributed by atoms with E-state index in [0.717, 1.165) is 25.7 Å². The molecule has 0 aromatic heterocycles. The van der Waals surface area contributed by atoms with E-state index >= 15 is 0 Å². The van der Waals surface area contributed by atoms with Gasteiger partial charge in [0.05, 0.1) is 31.2 Å². The fourth-order valence-corrected chi connectivity index (χ4v) is 3.70. The van der Waals surface area contributed by atoms with Gasteiger partial charge in [-0.1, -0.05) is 6.08 Å². The number of aliphatic hydroxyl groups excluding tert-OH is 2. The van der Waals surface area contributed by atoms with Gasteiger partial charge in [-0.05, 0) is 32.1 Å². The molecule has 0 aliphatic carbocycles. The molecule has 6 nitrogen and oxygen atoms in total. The Morgan fingerprint density at radius 3 is 2.22 bits per heavy atom. The second kappa shape index (κ2) is 8.45. The molecule has 2 saturated heterocycles. The molecule has 2 amide bonds. The molecule has 0 bridgehead atoms. The molecule has 2 rings (SSSR count). The van der Waals surface area contributed by atoms with Crippen LogP contribution in [0.4, 0.5) is 0 Å². The lowest BCUT2D eigenvalue weighted by molar-refractivity contribution is -0.142. The Hall–Kier alpha value is -1.40. The van der Waals surface area contributed by atoms with E-state index in [9.17, 15) is 19.8 Å². The quantitative estimate of drug-likeness (QED) is 0.670. The highest BCUT2D eigenvalue weighted by atomic mass is 16.3. The van der Waals surface area contributed by atoms with Crippen LogP contribution in [0.1, 0.15) is 38.5 Å². The van der Waals surface area contributed by atoms with Crippen molar-refractivity contribution in [3.8, 4) is 0 Å². The summed E-state index contributed by atoms with van der Waals surface area (Å²) in [6, 6.07) is -0.235. The first-order valence-electron chi connectivity index (χ1n) is 8.54. The van der Waals surface area contributed by atoms with E-state index < -0.39 is 5.92 Å². The highest BCUT2D eigenvalue weighted by Crippen LogP contribution is 2.25. The number of nitrogens with zero attached hydrogens (tertiary/aromatic N) is 2. The maximum atomic E-state index is 12.8. The first-order chi connectivity index (χ1) is 11.1. The molecule has 2 aliphatic rings. The summed E-state index contributed by atoms with van der Waals surface area (Å²) in [5.41, 5.74) is 0. The standard InChI is InChI=1S/C17H28N2O4/c1-2-5-13(17(23)19-9-4-7-15(19)12-21)10-16(22)18-8-3-6-14(18)11-20/h2,13-15,20-21H,1,3-12H2/t13-,14+,15+/m1/s1. The molecular formula is C17H28N2O4. The van der Waals surface area contributed by atoms with Crippen molar-refractivity contribution in [3.63, 3.8) is 0 Å². The number of likely N-dealkylation sites (tertiary alicyclic amines) is 2. The summed E-state index contributed by atoms with van der Waals surface area (Å²) in [4.78, 5) is 28.7. The van der Waals surface area contributed by atoms with Gasteiger partial charge < -0.3 is 20.0 Å². The Labute approximate surface area is 137 Å². The number of rotatable bonds is 7. The van der Waals surface area contributed by atoms with E-state index in [2.05, 4.69) is 6.58 Å². The van der Waals surface area contributed by atoms with Gasteiger partial charge in [-0.25, -0.2) is 0 Å². The molecule has 0 radical (unpaired) electrons. The summed E-state index contributed by atoms with van der Waals surface area (Å²) in [7, 11) is 0. The van der Waals surface area contributed by atoms with Gasteiger partial charge in [0.1, 0.15) is 0 Å². The fraction of sp³-hybridized carbons (Fsp3) is 0.765. The second-order valence-corrected chi connectivity index (χ2v) is 6.50. The normalized spacial score (nSPS) is 25.7. The van der Waals surface area contributed by atoms with Crippen LogP contribution in [-0.2, 0) is 9.59 Å². The fourth-order valence-electron chi connectivity index (χ4n) is 3.70. The molecule has 2 N–H and O–H groups in total. The lowest BCUT2D eigenvalue weighted by atomic mass is 9.98. The van der Waals surface area contributed by atoms with E-state index in [1.807, 2.05) is 0 Å². The van der Waals surface area contributed by atoms with Crippen molar-refractivity contribution < 1.29 is 19.8 Å². The first kappa shape index (κ1) is 17.9. The summed E-state index contributed by atoms with van der Waals surface area (Å²) in [5.74, 6) is -0.553. The van der Waals surface area contributed by atoms with Gasteiger partial charge in [-0.2, -0.15) is 0 Å². The Bertz CT molecular complexity index is 440. The monoisotopic (exact) mass is 324 g/mol. The van der Waals surface area contributed by atoms with Crippen LogP contribution in [0, 0.1) is 5.92 Å². The molecule has 6 heteroatoms. The number of allylic oxidation sites excluding steroid dienone is 1. The Morgan fingerprint density at radius 1 is 1.09 bits per heavy atom. The zero-order valence-electron chi connectivity index (χ0n) is 13.7. The lowest BCUT2D eigenvalue weighted by Crippen LogP contribution is -2.44. The van der Waals surface area contributed by atoms with E-state index in [-0.39, 0.29) is 43.5 Å². The number of carbonyl (C=O) groups is 2. The average Bonchev–Trinajstić information content (AvgIpc) is 3.21. The highest BCUT2D eigenvalue weighted by Gasteiger charge is 2.35. The maximum absolute atomic E-state index is 12.8. The van der Waals surface area contributed by atoms with Gasteiger partial charge in [-0.15, -0.1) is 6.58 Å². The second-order valence-electron chi connectivity index (χ2n) is 6.50. The van der Waals surface area contributed by atoms with Crippen molar-refractivity contribution in [2.45, 2.75) is 50.6 Å². The number of aliphatic hydroxyl groups is 2. The first-order valence-corrected chi connectivity index (χ1v) is 8.54. The average molecular weight is 324 g/mol. The van der Waals surface area contributed by atoms with Gasteiger partial charge in [0.2, 0.25) is 11.8 Å². The molecule has 3 atom stereocenters. The molecular weight excluding hydrogens is 296 g/mol. The summed E-state index contributed by atoms with van der Waals surface area (Å²) in [5, 5.41) is 18.8. The summed E-state index contributed by atoms with van der Waals surface area (Å²) in [6.45, 7) is 4.95. The van der Waals surface area contributed by atoms with Gasteiger partial charge in [0, 0.05) is 19.5 Å². The van der Waals surface area contributed by atoms with Crippen LogP contribution < -0.4 is 0 Å². The highest BCUT2D eigenvalue weighted by molar-refractivity contribution is 5.86. The number of amides is 2. The predicted molar refractivity (Wildman–Crippen MR) is 86.6 cm³/mol. The minimum atomic E-state index is -0.424. The van der Waals surface area contributed by atoms with Gasteiger partial charge in [0.15, 0.2) is 0 Å². The SMILES string of the molecule is C=CC[C@H](CC(=O)N1CCC[C@H]1CO)C(=O)N1CCC[C@H]1CO. The lowest BCUT2D eigenvalue weighted by Gasteiger charge is -2.29.